The third-order valence-electron chi connectivity index (χ3n) is 3.86. The summed E-state index contributed by atoms with van der Waals surface area (Å²) < 4.78 is 5.16. The fourth-order valence-electron chi connectivity index (χ4n) is 2.55. The number of H-pyrrole nitrogens is 1. The number of nitrogens with zero attached hydrogens (tertiary/aromatic N) is 2. The molecule has 1 aliphatic heterocycles. The summed E-state index contributed by atoms with van der Waals surface area (Å²) in [6.45, 7) is 1.15. The molecule has 0 bridgehead atoms. The Labute approximate surface area is 133 Å². The van der Waals surface area contributed by atoms with Crippen molar-refractivity contribution < 1.29 is 9.53 Å². The summed E-state index contributed by atoms with van der Waals surface area (Å²) in [5, 5.41) is 6.07. The number of benzene rings is 1. The highest BCUT2D eigenvalue weighted by Crippen LogP contribution is 2.24. The highest BCUT2D eigenvalue weighted by atomic mass is 16.5. The van der Waals surface area contributed by atoms with E-state index in [1.54, 1.807) is 12.0 Å². The van der Waals surface area contributed by atoms with Crippen molar-refractivity contribution in [2.45, 2.75) is 6.42 Å². The van der Waals surface area contributed by atoms with Gasteiger partial charge < -0.3 is 9.64 Å². The number of nitrogens with one attached hydrogen (secondary N) is 1. The monoisotopic (exact) mass is 311 g/mol. The number of hydrogen-bond acceptors (Lipinski definition) is 4. The number of ether oxygens (including phenoxy) is 1. The van der Waals surface area contributed by atoms with Crippen LogP contribution in [0.25, 0.3) is 5.57 Å². The van der Waals surface area contributed by atoms with E-state index in [2.05, 4.69) is 16.3 Å². The van der Waals surface area contributed by atoms with E-state index in [0.717, 1.165) is 17.7 Å². The molecular formula is C17H17N3O3. The molecule has 0 radical (unpaired) electrons. The van der Waals surface area contributed by atoms with Crippen molar-refractivity contribution in [3.8, 4) is 5.75 Å². The van der Waals surface area contributed by atoms with Crippen LogP contribution in [-0.4, -0.2) is 41.2 Å². The summed E-state index contributed by atoms with van der Waals surface area (Å²) in [6.07, 6.45) is 2.83. The van der Waals surface area contributed by atoms with Gasteiger partial charge in [-0.2, -0.15) is 5.10 Å². The fourth-order valence-corrected chi connectivity index (χ4v) is 2.55. The van der Waals surface area contributed by atoms with Gasteiger partial charge in [0.1, 0.15) is 11.4 Å². The molecule has 0 spiro atoms. The normalized spacial score (nSPS) is 14.3. The highest BCUT2D eigenvalue weighted by Gasteiger charge is 2.20. The topological polar surface area (TPSA) is 75.3 Å². The van der Waals surface area contributed by atoms with E-state index < -0.39 is 0 Å². The summed E-state index contributed by atoms with van der Waals surface area (Å²) in [4.78, 5) is 25.1. The lowest BCUT2D eigenvalue weighted by Crippen LogP contribution is -2.35. The zero-order chi connectivity index (χ0) is 16.2. The number of aromatic nitrogens is 2. The lowest BCUT2D eigenvalue weighted by Gasteiger charge is -2.26. The Morgan fingerprint density at radius 1 is 1.22 bits per heavy atom. The molecule has 0 atom stereocenters. The average Bonchev–Trinajstić information content (AvgIpc) is 2.62. The van der Waals surface area contributed by atoms with E-state index in [1.807, 2.05) is 24.3 Å². The lowest BCUT2D eigenvalue weighted by molar-refractivity contribution is 0.0765. The van der Waals surface area contributed by atoms with Crippen molar-refractivity contribution in [3.63, 3.8) is 0 Å². The molecule has 1 aromatic carbocycles. The maximum atomic E-state index is 12.3. The van der Waals surface area contributed by atoms with Crippen molar-refractivity contribution in [3.05, 3.63) is 64.1 Å². The molecule has 23 heavy (non-hydrogen) atoms. The highest BCUT2D eigenvalue weighted by molar-refractivity contribution is 5.92. The van der Waals surface area contributed by atoms with E-state index in [1.165, 1.54) is 17.7 Å². The van der Waals surface area contributed by atoms with Gasteiger partial charge in [-0.25, -0.2) is 5.10 Å². The molecule has 6 heteroatoms. The van der Waals surface area contributed by atoms with Gasteiger partial charge in [-0.3, -0.25) is 9.59 Å². The van der Waals surface area contributed by atoms with Gasteiger partial charge in [0.15, 0.2) is 0 Å². The van der Waals surface area contributed by atoms with E-state index in [0.29, 0.717) is 13.1 Å². The van der Waals surface area contributed by atoms with E-state index in [9.17, 15) is 9.59 Å². The van der Waals surface area contributed by atoms with Crippen molar-refractivity contribution in [2.75, 3.05) is 20.2 Å². The first-order valence-corrected chi connectivity index (χ1v) is 7.36. The van der Waals surface area contributed by atoms with E-state index >= 15 is 0 Å². The third-order valence-corrected chi connectivity index (χ3v) is 3.86. The molecular weight excluding hydrogens is 294 g/mol. The molecule has 0 saturated carbocycles. The minimum Gasteiger partial charge on any atom is -0.497 e. The first-order chi connectivity index (χ1) is 11.2. The zero-order valence-corrected chi connectivity index (χ0v) is 12.8. The van der Waals surface area contributed by atoms with Gasteiger partial charge in [0.2, 0.25) is 0 Å². The van der Waals surface area contributed by atoms with Gasteiger partial charge in [-0.1, -0.05) is 18.2 Å². The molecule has 118 valence electrons. The molecule has 1 N–H and O–H groups in total. The first kappa shape index (κ1) is 15.0. The van der Waals surface area contributed by atoms with Gasteiger partial charge in [0, 0.05) is 19.2 Å². The number of methoxy groups -OCH3 is 1. The summed E-state index contributed by atoms with van der Waals surface area (Å²) >= 11 is 0. The van der Waals surface area contributed by atoms with Crippen LogP contribution in [-0.2, 0) is 0 Å². The molecule has 2 aromatic rings. The molecule has 0 saturated heterocycles. The van der Waals surface area contributed by atoms with Gasteiger partial charge in [-0.05, 0) is 35.8 Å². The Morgan fingerprint density at radius 3 is 2.57 bits per heavy atom. The summed E-state index contributed by atoms with van der Waals surface area (Å²) in [6, 6.07) is 10.7. The van der Waals surface area contributed by atoms with Crippen molar-refractivity contribution in [2.24, 2.45) is 0 Å². The van der Waals surface area contributed by atoms with Crippen LogP contribution in [0, 0.1) is 0 Å². The van der Waals surface area contributed by atoms with Crippen LogP contribution in [0.15, 0.2) is 47.3 Å². The number of aromatic amines is 1. The van der Waals surface area contributed by atoms with E-state index in [-0.39, 0.29) is 17.2 Å². The van der Waals surface area contributed by atoms with Gasteiger partial charge in [0.05, 0.1) is 7.11 Å². The first-order valence-electron chi connectivity index (χ1n) is 7.36. The molecule has 1 aliphatic rings. The van der Waals surface area contributed by atoms with Crippen molar-refractivity contribution in [1.82, 2.24) is 15.1 Å². The van der Waals surface area contributed by atoms with E-state index in [4.69, 9.17) is 4.74 Å². The predicted octanol–water partition coefficient (Wildman–Crippen LogP) is 1.71. The molecule has 3 rings (SSSR count). The minimum absolute atomic E-state index is 0.175. The number of amides is 1. The molecule has 1 aromatic heterocycles. The Morgan fingerprint density at radius 2 is 2.00 bits per heavy atom. The van der Waals surface area contributed by atoms with Crippen LogP contribution < -0.4 is 10.3 Å². The third kappa shape index (κ3) is 3.31. The molecule has 0 unspecified atom stereocenters. The Bertz CT molecular complexity index is 773. The quantitative estimate of drug-likeness (QED) is 0.936. The largest absolute Gasteiger partial charge is 0.497 e. The van der Waals surface area contributed by atoms with Crippen LogP contribution in [0.5, 0.6) is 5.75 Å². The van der Waals surface area contributed by atoms with Gasteiger partial charge in [0.25, 0.3) is 11.5 Å². The Kier molecular flexibility index (Phi) is 4.23. The Hall–Kier alpha value is -2.89. The summed E-state index contributed by atoms with van der Waals surface area (Å²) in [5.74, 6) is 0.650. The Balaban J connectivity index is 1.70. The van der Waals surface area contributed by atoms with Crippen molar-refractivity contribution in [1.29, 1.82) is 0 Å². The average molecular weight is 311 g/mol. The smallest absolute Gasteiger partial charge is 0.274 e. The molecule has 6 nitrogen and oxygen atoms in total. The van der Waals surface area contributed by atoms with Crippen LogP contribution in [0.4, 0.5) is 0 Å². The van der Waals surface area contributed by atoms with Crippen LogP contribution >= 0.6 is 0 Å². The van der Waals surface area contributed by atoms with Gasteiger partial charge >= 0.3 is 0 Å². The van der Waals surface area contributed by atoms with Gasteiger partial charge in [-0.15, -0.1) is 0 Å². The predicted molar refractivity (Wildman–Crippen MR) is 86.3 cm³/mol. The van der Waals surface area contributed by atoms with Crippen molar-refractivity contribution >= 4 is 11.5 Å². The second-order valence-electron chi connectivity index (χ2n) is 5.27. The number of hydrogen-bond donors (Lipinski definition) is 1. The van der Waals surface area contributed by atoms with Crippen LogP contribution in [0.3, 0.4) is 0 Å². The minimum atomic E-state index is -0.318. The summed E-state index contributed by atoms with van der Waals surface area (Å²) in [5.41, 5.74) is 2.29. The number of rotatable bonds is 3. The molecule has 1 amide bonds. The maximum absolute atomic E-state index is 12.3. The van der Waals surface area contributed by atoms with Crippen LogP contribution in [0.1, 0.15) is 22.5 Å². The van der Waals surface area contributed by atoms with Crippen LogP contribution in [0.2, 0.25) is 0 Å². The fraction of sp³-hybridized carbons (Fsp3) is 0.235. The standard InChI is InChI=1S/C17H17N3O3/c1-23-14-4-2-12(3-5-14)13-8-10-20(11-9-13)17(22)15-6-7-16(21)19-18-15/h2-8H,9-11H2,1H3,(H,19,21). The molecule has 2 heterocycles. The molecule has 0 fully saturated rings. The number of carbonyl (C=O) groups excluding carboxylic acids is 1. The second-order valence-corrected chi connectivity index (χ2v) is 5.27. The number of carbonyl (C=O) groups is 1. The SMILES string of the molecule is COc1ccc(C2=CCN(C(=O)c3ccc(=O)[nH]n3)CC2)cc1. The maximum Gasteiger partial charge on any atom is 0.274 e. The lowest BCUT2D eigenvalue weighted by atomic mass is 9.99. The second kappa shape index (κ2) is 6.48. The molecule has 0 aliphatic carbocycles. The summed E-state index contributed by atoms with van der Waals surface area (Å²) in [7, 11) is 1.64. The zero-order valence-electron chi connectivity index (χ0n) is 12.8.